The van der Waals surface area contributed by atoms with Crippen LogP contribution in [0.3, 0.4) is 0 Å². The summed E-state index contributed by atoms with van der Waals surface area (Å²) >= 11 is 2.00. The molecule has 0 bridgehead atoms. The minimum atomic E-state index is 0.507. The van der Waals surface area contributed by atoms with E-state index in [4.69, 9.17) is 4.98 Å². The maximum Gasteiger partial charge on any atom is 0.111 e. The predicted octanol–water partition coefficient (Wildman–Crippen LogP) is 3.33. The quantitative estimate of drug-likeness (QED) is 0.809. The van der Waals surface area contributed by atoms with Crippen LogP contribution in [-0.2, 0) is 13.0 Å². The van der Waals surface area contributed by atoms with Gasteiger partial charge < -0.3 is 9.88 Å². The number of aryl methyl sites for hydroxylation is 1. The van der Waals surface area contributed by atoms with Gasteiger partial charge in [-0.25, -0.2) is 4.98 Å². The fourth-order valence-electron chi connectivity index (χ4n) is 2.59. The SMILES string of the molecule is CCNC(CSCC)Cc1nc2ccccc2n1CC. The number of likely N-dealkylation sites (N-methyl/N-ethyl adjacent to an activating group) is 1. The summed E-state index contributed by atoms with van der Waals surface area (Å²) in [5.41, 5.74) is 2.37. The van der Waals surface area contributed by atoms with Gasteiger partial charge in [0, 0.05) is 24.8 Å². The van der Waals surface area contributed by atoms with E-state index in [1.807, 2.05) is 11.8 Å². The van der Waals surface area contributed by atoms with Crippen molar-refractivity contribution in [3.8, 4) is 0 Å². The Morgan fingerprint density at radius 2 is 2.05 bits per heavy atom. The molecule has 0 saturated carbocycles. The normalized spacial score (nSPS) is 12.9. The van der Waals surface area contributed by atoms with E-state index < -0.39 is 0 Å². The molecule has 0 aliphatic heterocycles. The lowest BCUT2D eigenvalue weighted by atomic mass is 10.2. The van der Waals surface area contributed by atoms with Crippen molar-refractivity contribution in [2.75, 3.05) is 18.1 Å². The van der Waals surface area contributed by atoms with Gasteiger partial charge in [-0.1, -0.05) is 26.0 Å². The van der Waals surface area contributed by atoms with Gasteiger partial charge in [-0.05, 0) is 31.4 Å². The van der Waals surface area contributed by atoms with Crippen molar-refractivity contribution in [2.24, 2.45) is 0 Å². The molecule has 110 valence electrons. The van der Waals surface area contributed by atoms with E-state index in [2.05, 4.69) is 54.9 Å². The molecule has 1 N–H and O–H groups in total. The number of para-hydroxylation sites is 2. The molecule has 1 unspecified atom stereocenters. The zero-order valence-electron chi connectivity index (χ0n) is 12.7. The number of rotatable bonds is 8. The Hall–Kier alpha value is -1.00. The Balaban J connectivity index is 2.22. The van der Waals surface area contributed by atoms with Crippen LogP contribution in [0.2, 0.25) is 0 Å². The zero-order valence-corrected chi connectivity index (χ0v) is 13.5. The van der Waals surface area contributed by atoms with E-state index >= 15 is 0 Å². The van der Waals surface area contributed by atoms with Crippen LogP contribution in [-0.4, -0.2) is 33.6 Å². The van der Waals surface area contributed by atoms with Crippen LogP contribution in [0, 0.1) is 0 Å². The largest absolute Gasteiger partial charge is 0.328 e. The Bertz CT molecular complexity index is 536. The van der Waals surface area contributed by atoms with E-state index in [1.165, 1.54) is 17.1 Å². The van der Waals surface area contributed by atoms with Crippen molar-refractivity contribution in [1.29, 1.82) is 0 Å². The molecule has 3 nitrogen and oxygen atoms in total. The smallest absolute Gasteiger partial charge is 0.111 e. The number of fused-ring (bicyclic) bond motifs is 1. The Morgan fingerprint density at radius 3 is 2.75 bits per heavy atom. The number of thioether (sulfide) groups is 1. The fraction of sp³-hybridized carbons (Fsp3) is 0.562. The molecule has 1 aromatic heterocycles. The van der Waals surface area contributed by atoms with Crippen LogP contribution in [0.5, 0.6) is 0 Å². The first-order valence-electron chi connectivity index (χ1n) is 7.55. The average molecular weight is 291 g/mol. The van der Waals surface area contributed by atoms with Crippen molar-refractivity contribution < 1.29 is 0 Å². The molecule has 0 fully saturated rings. The molecule has 1 heterocycles. The van der Waals surface area contributed by atoms with Crippen molar-refractivity contribution in [1.82, 2.24) is 14.9 Å². The lowest BCUT2D eigenvalue weighted by Crippen LogP contribution is -2.34. The molecular formula is C16H25N3S. The number of hydrogen-bond acceptors (Lipinski definition) is 3. The molecule has 0 radical (unpaired) electrons. The first-order chi connectivity index (χ1) is 9.80. The summed E-state index contributed by atoms with van der Waals surface area (Å²) in [7, 11) is 0. The first-order valence-corrected chi connectivity index (χ1v) is 8.70. The summed E-state index contributed by atoms with van der Waals surface area (Å²) in [4.78, 5) is 4.83. The van der Waals surface area contributed by atoms with Crippen LogP contribution in [0.25, 0.3) is 11.0 Å². The highest BCUT2D eigenvalue weighted by atomic mass is 32.2. The van der Waals surface area contributed by atoms with E-state index in [0.29, 0.717) is 6.04 Å². The van der Waals surface area contributed by atoms with Crippen LogP contribution in [0.15, 0.2) is 24.3 Å². The molecule has 20 heavy (non-hydrogen) atoms. The molecule has 2 aromatic rings. The number of nitrogens with one attached hydrogen (secondary N) is 1. The highest BCUT2D eigenvalue weighted by Gasteiger charge is 2.14. The van der Waals surface area contributed by atoms with Gasteiger partial charge >= 0.3 is 0 Å². The second kappa shape index (κ2) is 7.70. The number of nitrogens with zero attached hydrogens (tertiary/aromatic N) is 2. The summed E-state index contributed by atoms with van der Waals surface area (Å²) in [6.07, 6.45) is 1.00. The van der Waals surface area contributed by atoms with Crippen molar-refractivity contribution >= 4 is 22.8 Å². The maximum atomic E-state index is 4.83. The molecule has 0 amide bonds. The first kappa shape index (κ1) is 15.4. The third kappa shape index (κ3) is 3.55. The second-order valence-electron chi connectivity index (χ2n) is 4.88. The van der Waals surface area contributed by atoms with E-state index in [9.17, 15) is 0 Å². The molecule has 1 atom stereocenters. The molecule has 4 heteroatoms. The molecule has 0 spiro atoms. The van der Waals surface area contributed by atoms with Gasteiger partial charge in [0.05, 0.1) is 11.0 Å². The standard InChI is InChI=1S/C16H25N3S/c1-4-17-13(12-20-6-3)11-16-18-14-9-7-8-10-15(14)19(16)5-2/h7-10,13,17H,4-6,11-12H2,1-3H3. The van der Waals surface area contributed by atoms with Crippen LogP contribution in [0.4, 0.5) is 0 Å². The van der Waals surface area contributed by atoms with E-state index in [1.54, 1.807) is 0 Å². The molecule has 0 aliphatic carbocycles. The number of imidazole rings is 1. The van der Waals surface area contributed by atoms with E-state index in [-0.39, 0.29) is 0 Å². The third-order valence-electron chi connectivity index (χ3n) is 3.49. The van der Waals surface area contributed by atoms with Crippen LogP contribution >= 0.6 is 11.8 Å². The van der Waals surface area contributed by atoms with Crippen molar-refractivity contribution in [3.05, 3.63) is 30.1 Å². The highest BCUT2D eigenvalue weighted by Crippen LogP contribution is 2.18. The van der Waals surface area contributed by atoms with Crippen molar-refractivity contribution in [2.45, 2.75) is 39.8 Å². The Morgan fingerprint density at radius 1 is 1.25 bits per heavy atom. The van der Waals surface area contributed by atoms with Gasteiger partial charge in [-0.15, -0.1) is 0 Å². The van der Waals surface area contributed by atoms with Crippen LogP contribution < -0.4 is 5.32 Å². The van der Waals surface area contributed by atoms with Gasteiger partial charge in [0.2, 0.25) is 0 Å². The fourth-order valence-corrected chi connectivity index (χ4v) is 3.35. The zero-order chi connectivity index (χ0) is 14.4. The van der Waals surface area contributed by atoms with E-state index in [0.717, 1.165) is 30.8 Å². The molecule has 0 saturated heterocycles. The Kier molecular flexibility index (Phi) is 5.92. The number of hydrogen-bond donors (Lipinski definition) is 1. The highest BCUT2D eigenvalue weighted by molar-refractivity contribution is 7.99. The summed E-state index contributed by atoms with van der Waals surface area (Å²) in [5.74, 6) is 3.53. The van der Waals surface area contributed by atoms with Gasteiger partial charge in [-0.3, -0.25) is 0 Å². The van der Waals surface area contributed by atoms with Gasteiger partial charge in [0.1, 0.15) is 5.82 Å². The lowest BCUT2D eigenvalue weighted by molar-refractivity contribution is 0.545. The van der Waals surface area contributed by atoms with Gasteiger partial charge in [0.15, 0.2) is 0 Å². The molecule has 0 aliphatic rings. The minimum Gasteiger partial charge on any atom is -0.328 e. The summed E-state index contributed by atoms with van der Waals surface area (Å²) < 4.78 is 2.34. The monoisotopic (exact) mass is 291 g/mol. The number of aromatic nitrogens is 2. The minimum absolute atomic E-state index is 0.507. The predicted molar refractivity (Wildman–Crippen MR) is 89.6 cm³/mol. The summed E-state index contributed by atoms with van der Waals surface area (Å²) in [5, 5.41) is 3.59. The maximum absolute atomic E-state index is 4.83. The average Bonchev–Trinajstić information content (AvgIpc) is 2.82. The van der Waals surface area contributed by atoms with Crippen molar-refractivity contribution in [3.63, 3.8) is 0 Å². The lowest BCUT2D eigenvalue weighted by Gasteiger charge is -2.17. The molecular weight excluding hydrogens is 266 g/mol. The number of benzene rings is 1. The van der Waals surface area contributed by atoms with Crippen LogP contribution in [0.1, 0.15) is 26.6 Å². The third-order valence-corrected chi connectivity index (χ3v) is 4.54. The molecule has 1 aromatic carbocycles. The summed E-state index contributed by atoms with van der Waals surface area (Å²) in [6.45, 7) is 8.58. The topological polar surface area (TPSA) is 29.9 Å². The second-order valence-corrected chi connectivity index (χ2v) is 6.20. The van der Waals surface area contributed by atoms with Gasteiger partial charge in [-0.2, -0.15) is 11.8 Å². The summed E-state index contributed by atoms with van der Waals surface area (Å²) in [6, 6.07) is 8.93. The molecule has 2 rings (SSSR count). The Labute approximate surface area is 126 Å². The van der Waals surface area contributed by atoms with Gasteiger partial charge in [0.25, 0.3) is 0 Å².